The SMILES string of the molecule is CC(=O)OC[C@H](CC[C@@H]1O[C@]1(C)CO)[C@H]1CC[C@@]2(C)C3=CC[C@H]4C(C)(C)[C@@H](OC(C)=O)CC[C@]4(C)C3=CC[C@]12C. The quantitative estimate of drug-likeness (QED) is 0.269. The lowest BCUT2D eigenvalue weighted by atomic mass is 9.44. The van der Waals surface area contributed by atoms with Gasteiger partial charge >= 0.3 is 11.9 Å². The van der Waals surface area contributed by atoms with Crippen LogP contribution in [0, 0.1) is 39.4 Å². The van der Waals surface area contributed by atoms with Gasteiger partial charge in [0.15, 0.2) is 0 Å². The molecule has 5 aliphatic rings. The number of allylic oxidation sites excluding steroid dienone is 4. The van der Waals surface area contributed by atoms with Gasteiger partial charge in [0.05, 0.1) is 19.3 Å². The van der Waals surface area contributed by atoms with Crippen LogP contribution in [0.15, 0.2) is 23.3 Å². The predicted octanol–water partition coefficient (Wildman–Crippen LogP) is 6.55. The molecule has 0 unspecified atom stereocenters. The maximum Gasteiger partial charge on any atom is 0.302 e. The van der Waals surface area contributed by atoms with Gasteiger partial charge in [0.1, 0.15) is 11.7 Å². The number of rotatable bonds is 8. The molecule has 6 heteroatoms. The number of hydrogen-bond donors (Lipinski definition) is 1. The van der Waals surface area contributed by atoms with Crippen LogP contribution in [0.25, 0.3) is 0 Å². The molecule has 1 N–H and O–H groups in total. The van der Waals surface area contributed by atoms with E-state index in [9.17, 15) is 14.7 Å². The number of carbonyl (C=O) groups is 2. The Bertz CT molecular complexity index is 1110. The molecule has 0 amide bonds. The molecular weight excluding hydrogens is 504 g/mol. The Kier molecular flexibility index (Phi) is 7.43. The third-order valence-corrected chi connectivity index (χ3v) is 12.8. The lowest BCUT2D eigenvalue weighted by Crippen LogP contribution is -2.55. The van der Waals surface area contributed by atoms with Gasteiger partial charge in [-0.2, -0.15) is 0 Å². The van der Waals surface area contributed by atoms with E-state index in [1.807, 2.05) is 6.92 Å². The van der Waals surface area contributed by atoms with Gasteiger partial charge in [-0.3, -0.25) is 9.59 Å². The third kappa shape index (κ3) is 4.51. The number of carbonyl (C=O) groups excluding carboxylic acids is 2. The van der Waals surface area contributed by atoms with Crippen LogP contribution < -0.4 is 0 Å². The van der Waals surface area contributed by atoms with E-state index in [0.717, 1.165) is 51.4 Å². The molecule has 0 aromatic rings. The molecule has 9 atom stereocenters. The number of ether oxygens (including phenoxy) is 3. The summed E-state index contributed by atoms with van der Waals surface area (Å²) in [4.78, 5) is 23.7. The summed E-state index contributed by atoms with van der Waals surface area (Å²) in [6, 6.07) is 0. The van der Waals surface area contributed by atoms with E-state index in [1.54, 1.807) is 11.1 Å². The fraction of sp³-hybridized carbons (Fsp3) is 0.824. The third-order valence-electron chi connectivity index (χ3n) is 12.8. The first-order valence-corrected chi connectivity index (χ1v) is 15.6. The van der Waals surface area contributed by atoms with Crippen molar-refractivity contribution in [1.29, 1.82) is 0 Å². The normalized spacial score (nSPS) is 43.8. The van der Waals surface area contributed by atoms with Gasteiger partial charge in [0, 0.05) is 19.3 Å². The van der Waals surface area contributed by atoms with Crippen molar-refractivity contribution in [3.63, 3.8) is 0 Å². The van der Waals surface area contributed by atoms with E-state index in [1.165, 1.54) is 13.8 Å². The zero-order valence-electron chi connectivity index (χ0n) is 26.1. The molecule has 1 heterocycles. The highest BCUT2D eigenvalue weighted by Gasteiger charge is 2.64. The summed E-state index contributed by atoms with van der Waals surface area (Å²) in [5.74, 6) is 0.739. The van der Waals surface area contributed by atoms with E-state index >= 15 is 0 Å². The number of epoxide rings is 1. The summed E-state index contributed by atoms with van der Waals surface area (Å²) in [6.45, 7) is 17.6. The molecule has 5 rings (SSSR count). The van der Waals surface area contributed by atoms with Gasteiger partial charge in [-0.25, -0.2) is 0 Å². The van der Waals surface area contributed by atoms with Crippen molar-refractivity contribution >= 4 is 11.9 Å². The largest absolute Gasteiger partial charge is 0.466 e. The van der Waals surface area contributed by atoms with Crippen LogP contribution in [0.5, 0.6) is 0 Å². The second-order valence-corrected chi connectivity index (χ2v) is 15.2. The first-order valence-electron chi connectivity index (χ1n) is 15.6. The molecule has 2 saturated carbocycles. The van der Waals surface area contributed by atoms with Crippen molar-refractivity contribution < 1.29 is 28.9 Å². The second kappa shape index (κ2) is 9.97. The zero-order chi connectivity index (χ0) is 29.3. The van der Waals surface area contributed by atoms with Crippen LogP contribution in [0.2, 0.25) is 0 Å². The minimum absolute atomic E-state index is 0.0379. The summed E-state index contributed by atoms with van der Waals surface area (Å²) in [6.07, 6.45) is 13.2. The standard InChI is InChI=1S/C34H52O6/c1-21(36)38-19-23(9-12-29-34(8,20-35)40-29)24-13-17-33(7)26-10-11-27-30(3,4)28(39-22(2)37)15-16-31(27,5)25(26)14-18-32(24,33)6/h10,14,23-24,27-29,35H,9,11-13,15-20H2,1-8H3/t23-,24+,27-,28-,29-,31+,32+,33-,34+/m0/s1. The van der Waals surface area contributed by atoms with Crippen molar-refractivity contribution in [2.75, 3.05) is 13.2 Å². The number of esters is 2. The van der Waals surface area contributed by atoms with Crippen molar-refractivity contribution in [2.24, 2.45) is 39.4 Å². The maximum absolute atomic E-state index is 11.9. The molecule has 4 aliphatic carbocycles. The number of fused-ring (bicyclic) bond motifs is 5. The monoisotopic (exact) mass is 556 g/mol. The number of aliphatic hydroxyl groups excluding tert-OH is 1. The molecule has 0 aromatic carbocycles. The van der Waals surface area contributed by atoms with E-state index in [-0.39, 0.29) is 58.3 Å². The second-order valence-electron chi connectivity index (χ2n) is 15.2. The summed E-state index contributed by atoms with van der Waals surface area (Å²) in [5.41, 5.74) is 2.80. The van der Waals surface area contributed by atoms with E-state index in [4.69, 9.17) is 14.2 Å². The van der Waals surface area contributed by atoms with E-state index in [2.05, 4.69) is 46.8 Å². The van der Waals surface area contributed by atoms with Crippen LogP contribution in [-0.2, 0) is 23.8 Å². The summed E-state index contributed by atoms with van der Waals surface area (Å²) >= 11 is 0. The minimum atomic E-state index is -0.413. The van der Waals surface area contributed by atoms with Gasteiger partial charge in [-0.1, -0.05) is 46.8 Å². The van der Waals surface area contributed by atoms with E-state index in [0.29, 0.717) is 18.4 Å². The molecule has 0 radical (unpaired) electrons. The van der Waals surface area contributed by atoms with Crippen LogP contribution >= 0.6 is 0 Å². The Morgan fingerprint density at radius 2 is 1.75 bits per heavy atom. The van der Waals surface area contributed by atoms with Gasteiger partial charge in [0.2, 0.25) is 0 Å². The summed E-state index contributed by atoms with van der Waals surface area (Å²) in [7, 11) is 0. The van der Waals surface area contributed by atoms with Crippen molar-refractivity contribution in [2.45, 2.75) is 125 Å². The Morgan fingerprint density at radius 3 is 2.38 bits per heavy atom. The Hall–Kier alpha value is -1.66. The maximum atomic E-state index is 11.9. The Morgan fingerprint density at radius 1 is 1.02 bits per heavy atom. The molecule has 3 fully saturated rings. The van der Waals surface area contributed by atoms with Crippen molar-refractivity contribution in [3.05, 3.63) is 23.3 Å². The van der Waals surface area contributed by atoms with Gasteiger partial charge in [-0.15, -0.1) is 0 Å². The van der Waals surface area contributed by atoms with Crippen molar-refractivity contribution in [3.8, 4) is 0 Å². The fourth-order valence-electron chi connectivity index (χ4n) is 9.97. The molecule has 0 spiro atoms. The predicted molar refractivity (Wildman–Crippen MR) is 154 cm³/mol. The Labute approximate surface area is 241 Å². The Balaban J connectivity index is 1.42. The van der Waals surface area contributed by atoms with Gasteiger partial charge in [0.25, 0.3) is 0 Å². The summed E-state index contributed by atoms with van der Waals surface area (Å²) in [5, 5.41) is 9.69. The molecule has 1 saturated heterocycles. The first kappa shape index (κ1) is 29.8. The smallest absolute Gasteiger partial charge is 0.302 e. The van der Waals surface area contributed by atoms with Gasteiger partial charge < -0.3 is 19.3 Å². The molecule has 6 nitrogen and oxygen atoms in total. The average Bonchev–Trinajstić information content (AvgIpc) is 3.45. The van der Waals surface area contributed by atoms with Crippen LogP contribution in [-0.4, -0.2) is 48.1 Å². The van der Waals surface area contributed by atoms with Crippen molar-refractivity contribution in [1.82, 2.24) is 0 Å². The van der Waals surface area contributed by atoms with E-state index < -0.39 is 5.60 Å². The molecular formula is C34H52O6. The topological polar surface area (TPSA) is 85.4 Å². The minimum Gasteiger partial charge on any atom is -0.466 e. The molecule has 224 valence electrons. The average molecular weight is 557 g/mol. The lowest BCUT2D eigenvalue weighted by Gasteiger charge is -2.61. The van der Waals surface area contributed by atoms with Crippen LogP contribution in [0.3, 0.4) is 0 Å². The van der Waals surface area contributed by atoms with Crippen LogP contribution in [0.4, 0.5) is 0 Å². The fourth-order valence-corrected chi connectivity index (χ4v) is 9.97. The molecule has 0 aromatic heterocycles. The summed E-state index contributed by atoms with van der Waals surface area (Å²) < 4.78 is 17.3. The highest BCUT2D eigenvalue weighted by Crippen LogP contribution is 2.72. The molecule has 0 bridgehead atoms. The van der Waals surface area contributed by atoms with Crippen LogP contribution in [0.1, 0.15) is 107 Å². The number of aliphatic hydroxyl groups is 1. The highest BCUT2D eigenvalue weighted by molar-refractivity contribution is 5.66. The van der Waals surface area contributed by atoms with Gasteiger partial charge in [-0.05, 0) is 103 Å². The lowest BCUT2D eigenvalue weighted by molar-refractivity contribution is -0.165. The highest BCUT2D eigenvalue weighted by atomic mass is 16.6. The zero-order valence-corrected chi connectivity index (χ0v) is 26.1. The number of hydrogen-bond acceptors (Lipinski definition) is 6. The molecule has 40 heavy (non-hydrogen) atoms. The molecule has 1 aliphatic heterocycles. The first-order chi connectivity index (χ1) is 18.6.